The Morgan fingerprint density at radius 1 is 1.33 bits per heavy atom. The van der Waals surface area contributed by atoms with Crippen LogP contribution in [0.5, 0.6) is 11.5 Å². The van der Waals surface area contributed by atoms with Crippen molar-refractivity contribution in [3.8, 4) is 11.5 Å². The van der Waals surface area contributed by atoms with E-state index in [-0.39, 0.29) is 22.4 Å². The minimum Gasteiger partial charge on any atom is -0.454 e. The van der Waals surface area contributed by atoms with Crippen molar-refractivity contribution in [2.75, 3.05) is 12.8 Å². The fourth-order valence-corrected chi connectivity index (χ4v) is 2.33. The number of hydrogen-bond donors (Lipinski definition) is 2. The normalized spacial score (nSPS) is 10.3. The van der Waals surface area contributed by atoms with Crippen LogP contribution < -0.4 is 15.8 Å². The van der Waals surface area contributed by atoms with Gasteiger partial charge in [0.2, 0.25) is 0 Å². The number of nitrogens with one attached hydrogen (secondary N) is 1. The Balaban J connectivity index is 2.39. The average molecular weight is 374 g/mol. The van der Waals surface area contributed by atoms with Gasteiger partial charge in [0.15, 0.2) is 5.75 Å². The Bertz CT molecular complexity index is 710. The van der Waals surface area contributed by atoms with E-state index < -0.39 is 5.82 Å². The summed E-state index contributed by atoms with van der Waals surface area (Å²) in [5.74, 6) is -0.437. The maximum absolute atomic E-state index is 13.5. The van der Waals surface area contributed by atoms with Crippen LogP contribution in [0.4, 0.5) is 10.1 Å². The van der Waals surface area contributed by atoms with Crippen LogP contribution in [0.3, 0.4) is 0 Å². The van der Waals surface area contributed by atoms with E-state index in [1.807, 2.05) is 0 Å². The van der Waals surface area contributed by atoms with Crippen LogP contribution in [0.2, 0.25) is 5.02 Å². The molecular weight excluding hydrogens is 363 g/mol. The van der Waals surface area contributed by atoms with Crippen LogP contribution in [-0.2, 0) is 0 Å². The number of ether oxygens (including phenoxy) is 1. The summed E-state index contributed by atoms with van der Waals surface area (Å²) in [6.07, 6.45) is 0. The van der Waals surface area contributed by atoms with E-state index in [4.69, 9.17) is 22.1 Å². The summed E-state index contributed by atoms with van der Waals surface area (Å²) >= 11 is 8.90. The molecule has 21 heavy (non-hydrogen) atoms. The minimum atomic E-state index is -0.615. The van der Waals surface area contributed by atoms with Crippen molar-refractivity contribution in [3.63, 3.8) is 0 Å². The molecular formula is C14H11BrClFN2O2. The SMILES string of the molecule is CNC(=O)c1ccc(N)c(Oc2cc(F)c(Cl)cc2Br)c1. The number of rotatable bonds is 3. The maximum Gasteiger partial charge on any atom is 0.251 e. The molecule has 0 fully saturated rings. The predicted octanol–water partition coefficient (Wildman–Crippen LogP) is 3.98. The van der Waals surface area contributed by atoms with Gasteiger partial charge in [0, 0.05) is 18.7 Å². The van der Waals surface area contributed by atoms with E-state index >= 15 is 0 Å². The van der Waals surface area contributed by atoms with Gasteiger partial charge in [0.1, 0.15) is 11.6 Å². The highest BCUT2D eigenvalue weighted by molar-refractivity contribution is 9.10. The number of nitrogen functional groups attached to an aromatic ring is 1. The van der Waals surface area contributed by atoms with Gasteiger partial charge in [0.25, 0.3) is 5.91 Å². The van der Waals surface area contributed by atoms with E-state index in [1.165, 1.54) is 19.2 Å². The zero-order valence-corrected chi connectivity index (χ0v) is 13.3. The lowest BCUT2D eigenvalue weighted by Crippen LogP contribution is -2.17. The van der Waals surface area contributed by atoms with Crippen molar-refractivity contribution >= 4 is 39.1 Å². The molecule has 2 aromatic carbocycles. The van der Waals surface area contributed by atoms with E-state index in [9.17, 15) is 9.18 Å². The number of hydrogen-bond acceptors (Lipinski definition) is 3. The monoisotopic (exact) mass is 372 g/mol. The largest absolute Gasteiger partial charge is 0.454 e. The summed E-state index contributed by atoms with van der Waals surface area (Å²) in [6.45, 7) is 0. The maximum atomic E-state index is 13.5. The molecule has 0 heterocycles. The summed E-state index contributed by atoms with van der Waals surface area (Å²) in [5, 5.41) is 2.47. The Labute approximate surface area is 134 Å². The molecule has 4 nitrogen and oxygen atoms in total. The number of amides is 1. The lowest BCUT2D eigenvalue weighted by molar-refractivity contribution is 0.0963. The fraction of sp³-hybridized carbons (Fsp3) is 0.0714. The molecule has 0 saturated heterocycles. The smallest absolute Gasteiger partial charge is 0.251 e. The Hall–Kier alpha value is -1.79. The first-order valence-electron chi connectivity index (χ1n) is 5.86. The lowest BCUT2D eigenvalue weighted by atomic mass is 10.2. The van der Waals surface area contributed by atoms with Gasteiger partial charge in [0.05, 0.1) is 15.2 Å². The van der Waals surface area contributed by atoms with E-state index in [1.54, 1.807) is 12.1 Å². The molecule has 0 bridgehead atoms. The third-order valence-electron chi connectivity index (χ3n) is 2.70. The van der Waals surface area contributed by atoms with Crippen LogP contribution in [0, 0.1) is 5.82 Å². The summed E-state index contributed by atoms with van der Waals surface area (Å²) in [5.41, 5.74) is 6.51. The van der Waals surface area contributed by atoms with Gasteiger partial charge in [-0.15, -0.1) is 0 Å². The highest BCUT2D eigenvalue weighted by Crippen LogP contribution is 2.36. The van der Waals surface area contributed by atoms with Crippen molar-refractivity contribution in [3.05, 3.63) is 51.2 Å². The highest BCUT2D eigenvalue weighted by atomic mass is 79.9. The average Bonchev–Trinajstić information content (AvgIpc) is 2.46. The van der Waals surface area contributed by atoms with E-state index in [0.29, 0.717) is 15.7 Å². The van der Waals surface area contributed by atoms with Gasteiger partial charge in [-0.1, -0.05) is 11.6 Å². The molecule has 1 amide bonds. The van der Waals surface area contributed by atoms with Crippen LogP contribution >= 0.6 is 27.5 Å². The van der Waals surface area contributed by atoms with Crippen molar-refractivity contribution in [1.82, 2.24) is 5.32 Å². The zero-order valence-electron chi connectivity index (χ0n) is 10.9. The predicted molar refractivity (Wildman–Crippen MR) is 83.4 cm³/mol. The van der Waals surface area contributed by atoms with Crippen molar-refractivity contribution < 1.29 is 13.9 Å². The van der Waals surface area contributed by atoms with E-state index in [2.05, 4.69) is 21.2 Å². The number of benzene rings is 2. The standard InChI is InChI=1S/C14H11BrClFN2O2/c1-19-14(20)7-2-3-11(18)13(4-7)21-12-6-10(17)9(16)5-8(12)15/h2-6H,18H2,1H3,(H,19,20). The third-order valence-corrected chi connectivity index (χ3v) is 3.61. The number of carbonyl (C=O) groups excluding carboxylic acids is 1. The highest BCUT2D eigenvalue weighted by Gasteiger charge is 2.12. The molecule has 0 saturated carbocycles. The Morgan fingerprint density at radius 2 is 2.05 bits per heavy atom. The lowest BCUT2D eigenvalue weighted by Gasteiger charge is -2.12. The topological polar surface area (TPSA) is 64.4 Å². The first-order chi connectivity index (χ1) is 9.92. The molecule has 0 atom stereocenters. The summed E-state index contributed by atoms with van der Waals surface area (Å²) in [7, 11) is 1.52. The van der Waals surface area contributed by atoms with Gasteiger partial charge in [-0.3, -0.25) is 4.79 Å². The molecule has 0 aliphatic heterocycles. The molecule has 110 valence electrons. The first kappa shape index (κ1) is 15.6. The fourth-order valence-electron chi connectivity index (χ4n) is 1.61. The Morgan fingerprint density at radius 3 is 2.71 bits per heavy atom. The van der Waals surface area contributed by atoms with Gasteiger partial charge in [-0.25, -0.2) is 4.39 Å². The molecule has 3 N–H and O–H groups in total. The van der Waals surface area contributed by atoms with Gasteiger partial charge >= 0.3 is 0 Å². The van der Waals surface area contributed by atoms with Crippen molar-refractivity contribution in [2.24, 2.45) is 0 Å². The van der Waals surface area contributed by atoms with Crippen LogP contribution in [0.1, 0.15) is 10.4 Å². The van der Waals surface area contributed by atoms with Gasteiger partial charge in [-0.2, -0.15) is 0 Å². The van der Waals surface area contributed by atoms with Gasteiger partial charge < -0.3 is 15.8 Å². The summed E-state index contributed by atoms with van der Waals surface area (Å²) in [4.78, 5) is 11.6. The molecule has 2 rings (SSSR count). The molecule has 0 unspecified atom stereocenters. The van der Waals surface area contributed by atoms with E-state index in [0.717, 1.165) is 6.07 Å². The number of anilines is 1. The summed E-state index contributed by atoms with van der Waals surface area (Å²) in [6, 6.07) is 7.11. The molecule has 0 aliphatic rings. The molecule has 7 heteroatoms. The third kappa shape index (κ3) is 3.46. The molecule has 0 aromatic heterocycles. The van der Waals surface area contributed by atoms with Gasteiger partial charge in [-0.05, 0) is 40.2 Å². The quantitative estimate of drug-likeness (QED) is 0.632. The number of halogens is 3. The summed E-state index contributed by atoms with van der Waals surface area (Å²) < 4.78 is 19.5. The van der Waals surface area contributed by atoms with Crippen LogP contribution in [-0.4, -0.2) is 13.0 Å². The van der Waals surface area contributed by atoms with Crippen molar-refractivity contribution in [1.29, 1.82) is 0 Å². The molecule has 0 radical (unpaired) electrons. The van der Waals surface area contributed by atoms with Crippen LogP contribution in [0.15, 0.2) is 34.8 Å². The molecule has 0 aliphatic carbocycles. The first-order valence-corrected chi connectivity index (χ1v) is 7.03. The second-order valence-corrected chi connectivity index (χ2v) is 5.39. The second-order valence-electron chi connectivity index (χ2n) is 4.13. The zero-order chi connectivity index (χ0) is 15.6. The number of carbonyl (C=O) groups is 1. The Kier molecular flexibility index (Phi) is 4.69. The number of nitrogens with two attached hydrogens (primary N) is 1. The van der Waals surface area contributed by atoms with Crippen molar-refractivity contribution in [2.45, 2.75) is 0 Å². The van der Waals surface area contributed by atoms with Crippen LogP contribution in [0.25, 0.3) is 0 Å². The molecule has 2 aromatic rings. The molecule has 0 spiro atoms. The minimum absolute atomic E-state index is 0.0266. The second kappa shape index (κ2) is 6.32.